The second-order valence-electron chi connectivity index (χ2n) is 4.96. The number of amides is 1. The molecule has 0 spiro atoms. The summed E-state index contributed by atoms with van der Waals surface area (Å²) >= 11 is 0. The van der Waals surface area contributed by atoms with Gasteiger partial charge in [-0.2, -0.15) is 13.2 Å². The van der Waals surface area contributed by atoms with E-state index >= 15 is 0 Å². The molecule has 112 valence electrons. The van der Waals surface area contributed by atoms with Crippen LogP contribution in [0.3, 0.4) is 0 Å². The largest absolute Gasteiger partial charge is 0.401 e. The first kappa shape index (κ1) is 16.2. The number of nitrogens with one attached hydrogen (secondary N) is 1. The van der Waals surface area contributed by atoms with Crippen molar-refractivity contribution >= 4 is 5.91 Å². The van der Waals surface area contributed by atoms with Crippen LogP contribution >= 0.6 is 0 Å². The number of rotatable bonds is 5. The van der Waals surface area contributed by atoms with Crippen molar-refractivity contribution in [1.82, 2.24) is 15.1 Å². The molecule has 0 aromatic heterocycles. The zero-order valence-corrected chi connectivity index (χ0v) is 11.5. The topological polar surface area (TPSA) is 35.6 Å². The number of nitrogens with zero attached hydrogens (tertiary/aromatic N) is 2. The Morgan fingerprint density at radius 2 is 1.84 bits per heavy atom. The van der Waals surface area contributed by atoms with Crippen molar-refractivity contribution in [1.29, 1.82) is 0 Å². The third-order valence-corrected chi connectivity index (χ3v) is 3.34. The SMILES string of the molecule is CCC(C)NCC(=O)N1CCN(CC(F)(F)F)CC1. The van der Waals surface area contributed by atoms with Gasteiger partial charge in [0.1, 0.15) is 0 Å². The maximum absolute atomic E-state index is 12.2. The van der Waals surface area contributed by atoms with E-state index < -0.39 is 12.7 Å². The molecule has 1 aliphatic heterocycles. The third kappa shape index (κ3) is 6.24. The van der Waals surface area contributed by atoms with Crippen molar-refractivity contribution in [2.45, 2.75) is 32.5 Å². The van der Waals surface area contributed by atoms with E-state index in [0.717, 1.165) is 6.42 Å². The summed E-state index contributed by atoms with van der Waals surface area (Å²) < 4.78 is 36.6. The van der Waals surface area contributed by atoms with Crippen molar-refractivity contribution in [3.8, 4) is 0 Å². The molecule has 19 heavy (non-hydrogen) atoms. The van der Waals surface area contributed by atoms with Crippen LogP contribution in [-0.2, 0) is 4.79 Å². The van der Waals surface area contributed by atoms with E-state index in [9.17, 15) is 18.0 Å². The van der Waals surface area contributed by atoms with E-state index in [1.165, 1.54) is 4.90 Å². The summed E-state index contributed by atoms with van der Waals surface area (Å²) in [6, 6.07) is 0.274. The molecule has 1 rings (SSSR count). The van der Waals surface area contributed by atoms with Gasteiger partial charge in [0.25, 0.3) is 0 Å². The van der Waals surface area contributed by atoms with Gasteiger partial charge in [0.2, 0.25) is 5.91 Å². The summed E-state index contributed by atoms with van der Waals surface area (Å²) in [6.07, 6.45) is -3.23. The van der Waals surface area contributed by atoms with Gasteiger partial charge >= 0.3 is 6.18 Å². The average Bonchev–Trinajstić information content (AvgIpc) is 2.34. The minimum Gasteiger partial charge on any atom is -0.339 e. The van der Waals surface area contributed by atoms with Crippen LogP contribution in [0.25, 0.3) is 0 Å². The Morgan fingerprint density at radius 3 is 2.32 bits per heavy atom. The smallest absolute Gasteiger partial charge is 0.339 e. The predicted octanol–water partition coefficient (Wildman–Crippen LogP) is 1.08. The van der Waals surface area contributed by atoms with E-state index in [1.54, 1.807) is 4.90 Å². The predicted molar refractivity (Wildman–Crippen MR) is 66.8 cm³/mol. The minimum absolute atomic E-state index is 0.0352. The monoisotopic (exact) mass is 281 g/mol. The summed E-state index contributed by atoms with van der Waals surface area (Å²) in [5.74, 6) is -0.0352. The highest BCUT2D eigenvalue weighted by atomic mass is 19.4. The Bertz CT molecular complexity index is 288. The Labute approximate surface area is 111 Å². The second-order valence-corrected chi connectivity index (χ2v) is 4.96. The number of hydrogen-bond donors (Lipinski definition) is 1. The van der Waals surface area contributed by atoms with Gasteiger partial charge in [-0.25, -0.2) is 0 Å². The fraction of sp³-hybridized carbons (Fsp3) is 0.917. The quantitative estimate of drug-likeness (QED) is 0.819. The van der Waals surface area contributed by atoms with Gasteiger partial charge in [-0.15, -0.1) is 0 Å². The maximum atomic E-state index is 12.2. The highest BCUT2D eigenvalue weighted by Gasteiger charge is 2.32. The molecular weight excluding hydrogens is 259 g/mol. The molecular formula is C12H22F3N3O. The standard InChI is InChI=1S/C12H22F3N3O/c1-3-10(2)16-8-11(19)18-6-4-17(5-7-18)9-12(13,14)15/h10,16H,3-9H2,1-2H3. The number of hydrogen-bond acceptors (Lipinski definition) is 3. The van der Waals surface area contributed by atoms with Crippen LogP contribution in [0, 0.1) is 0 Å². The Hall–Kier alpha value is -0.820. The molecule has 1 fully saturated rings. The number of piperazine rings is 1. The molecule has 1 aliphatic rings. The first-order valence-electron chi connectivity index (χ1n) is 6.62. The Kier molecular flexibility index (Phi) is 6.06. The van der Waals surface area contributed by atoms with E-state index in [1.807, 2.05) is 13.8 Å². The molecule has 0 bridgehead atoms. The lowest BCUT2D eigenvalue weighted by Crippen LogP contribution is -2.52. The number of carbonyl (C=O) groups excluding carboxylic acids is 1. The summed E-state index contributed by atoms with van der Waals surface area (Å²) in [5, 5.41) is 3.09. The summed E-state index contributed by atoms with van der Waals surface area (Å²) in [6.45, 7) is 4.71. The molecule has 0 aromatic rings. The number of halogens is 3. The summed E-state index contributed by atoms with van der Waals surface area (Å²) in [5.41, 5.74) is 0. The molecule has 1 amide bonds. The summed E-state index contributed by atoms with van der Waals surface area (Å²) in [7, 11) is 0. The van der Waals surface area contributed by atoms with Crippen molar-refractivity contribution in [2.75, 3.05) is 39.3 Å². The lowest BCUT2D eigenvalue weighted by molar-refractivity contribution is -0.151. The van der Waals surface area contributed by atoms with E-state index in [-0.39, 0.29) is 31.6 Å². The van der Waals surface area contributed by atoms with Crippen molar-refractivity contribution in [3.63, 3.8) is 0 Å². The molecule has 0 saturated carbocycles. The van der Waals surface area contributed by atoms with Gasteiger partial charge in [0, 0.05) is 32.2 Å². The Morgan fingerprint density at radius 1 is 1.26 bits per heavy atom. The van der Waals surface area contributed by atoms with Crippen molar-refractivity contribution < 1.29 is 18.0 Å². The van der Waals surface area contributed by atoms with Crippen molar-refractivity contribution in [2.24, 2.45) is 0 Å². The molecule has 1 atom stereocenters. The fourth-order valence-electron chi connectivity index (χ4n) is 1.93. The normalized spacial score (nSPS) is 19.5. The van der Waals surface area contributed by atoms with Gasteiger partial charge in [-0.1, -0.05) is 6.92 Å². The van der Waals surface area contributed by atoms with Gasteiger partial charge < -0.3 is 10.2 Å². The summed E-state index contributed by atoms with van der Waals surface area (Å²) in [4.78, 5) is 14.8. The molecule has 1 saturated heterocycles. The maximum Gasteiger partial charge on any atom is 0.401 e. The van der Waals surface area contributed by atoms with Gasteiger partial charge in [-0.05, 0) is 13.3 Å². The molecule has 0 aromatic carbocycles. The van der Waals surface area contributed by atoms with Crippen LogP contribution in [0.4, 0.5) is 13.2 Å². The van der Waals surface area contributed by atoms with Gasteiger partial charge in [0.05, 0.1) is 13.1 Å². The van der Waals surface area contributed by atoms with Gasteiger partial charge in [0.15, 0.2) is 0 Å². The molecule has 0 radical (unpaired) electrons. The van der Waals surface area contributed by atoms with Crippen molar-refractivity contribution in [3.05, 3.63) is 0 Å². The van der Waals surface area contributed by atoms with Crippen LogP contribution in [0.5, 0.6) is 0 Å². The first-order valence-corrected chi connectivity index (χ1v) is 6.62. The van der Waals surface area contributed by atoms with E-state index in [4.69, 9.17) is 0 Å². The number of carbonyl (C=O) groups is 1. The number of alkyl halides is 3. The molecule has 1 N–H and O–H groups in total. The van der Waals surface area contributed by atoms with Crippen LogP contribution < -0.4 is 5.32 Å². The highest BCUT2D eigenvalue weighted by Crippen LogP contribution is 2.17. The third-order valence-electron chi connectivity index (χ3n) is 3.34. The molecule has 1 unspecified atom stereocenters. The average molecular weight is 281 g/mol. The molecule has 4 nitrogen and oxygen atoms in total. The van der Waals surface area contributed by atoms with Crippen LogP contribution in [0.15, 0.2) is 0 Å². The molecule has 0 aliphatic carbocycles. The second kappa shape index (κ2) is 7.09. The van der Waals surface area contributed by atoms with Crippen LogP contribution in [-0.4, -0.2) is 67.2 Å². The highest BCUT2D eigenvalue weighted by molar-refractivity contribution is 5.78. The van der Waals surface area contributed by atoms with Crippen LogP contribution in [0.1, 0.15) is 20.3 Å². The van der Waals surface area contributed by atoms with E-state index in [0.29, 0.717) is 13.1 Å². The van der Waals surface area contributed by atoms with Crippen LogP contribution in [0.2, 0.25) is 0 Å². The minimum atomic E-state index is -4.16. The molecule has 7 heteroatoms. The molecule has 1 heterocycles. The Balaban J connectivity index is 2.27. The van der Waals surface area contributed by atoms with Gasteiger partial charge in [-0.3, -0.25) is 9.69 Å². The lowest BCUT2D eigenvalue weighted by atomic mass is 10.2. The zero-order chi connectivity index (χ0) is 14.5. The van der Waals surface area contributed by atoms with E-state index in [2.05, 4.69) is 5.32 Å². The zero-order valence-electron chi connectivity index (χ0n) is 11.5. The lowest BCUT2D eigenvalue weighted by Gasteiger charge is -2.35. The fourth-order valence-corrected chi connectivity index (χ4v) is 1.93. The first-order chi connectivity index (χ1) is 8.81.